The van der Waals surface area contributed by atoms with Gasteiger partial charge in [0.2, 0.25) is 0 Å². The Morgan fingerprint density at radius 3 is 2.86 bits per heavy atom. The zero-order valence-corrected chi connectivity index (χ0v) is 16.1. The molecule has 28 heavy (non-hydrogen) atoms. The van der Waals surface area contributed by atoms with E-state index in [1.807, 2.05) is 11.4 Å². The predicted molar refractivity (Wildman–Crippen MR) is 111 cm³/mol. The summed E-state index contributed by atoms with van der Waals surface area (Å²) in [6.07, 6.45) is 1.47. The molecule has 0 aliphatic carbocycles. The van der Waals surface area contributed by atoms with E-state index >= 15 is 0 Å². The minimum atomic E-state index is -0.412. The lowest BCUT2D eigenvalue weighted by Gasteiger charge is -2.12. The number of rotatable bonds is 5. The second kappa shape index (κ2) is 7.41. The maximum Gasteiger partial charge on any atom is 0.270 e. The molecule has 1 N–H and O–H groups in total. The van der Waals surface area contributed by atoms with Crippen molar-refractivity contribution in [1.29, 1.82) is 0 Å². The highest BCUT2D eigenvalue weighted by Crippen LogP contribution is 2.39. The summed E-state index contributed by atoms with van der Waals surface area (Å²) in [4.78, 5) is 20.2. The van der Waals surface area contributed by atoms with Crippen molar-refractivity contribution in [2.75, 3.05) is 12.4 Å². The number of hydrogen-bond acceptors (Lipinski definition) is 7. The van der Waals surface area contributed by atoms with Crippen molar-refractivity contribution in [3.63, 3.8) is 0 Å². The van der Waals surface area contributed by atoms with Crippen molar-refractivity contribution < 1.29 is 9.66 Å². The first-order valence-electron chi connectivity index (χ1n) is 8.14. The summed E-state index contributed by atoms with van der Waals surface area (Å²) in [6, 6.07) is 11.7. The van der Waals surface area contributed by atoms with E-state index in [4.69, 9.17) is 16.3 Å². The molecule has 0 atom stereocenters. The Balaban J connectivity index is 1.86. The molecule has 0 saturated carbocycles. The maximum absolute atomic E-state index is 11.1. The third-order valence-electron chi connectivity index (χ3n) is 4.15. The van der Waals surface area contributed by atoms with Crippen LogP contribution in [0.1, 0.15) is 0 Å². The summed E-state index contributed by atoms with van der Waals surface area (Å²) in [7, 11) is 1.57. The Labute approximate surface area is 168 Å². The first kappa shape index (κ1) is 18.1. The largest absolute Gasteiger partial charge is 0.495 e. The molecule has 0 saturated heterocycles. The number of methoxy groups -OCH3 is 1. The fourth-order valence-electron chi connectivity index (χ4n) is 2.87. The standard InChI is InChI=1S/C19H13ClN4O3S/c1-27-16-6-5-12(20)8-15(16)23-18-17-14(9-28-19(17)22-10-21-18)11-3-2-4-13(7-11)24(25)26/h2-10H,1H3,(H,21,22,23). The van der Waals surface area contributed by atoms with Gasteiger partial charge in [0.1, 0.15) is 22.7 Å². The minimum absolute atomic E-state index is 0.0275. The van der Waals surface area contributed by atoms with Gasteiger partial charge in [-0.3, -0.25) is 10.1 Å². The Hall–Kier alpha value is -3.23. The van der Waals surface area contributed by atoms with E-state index in [9.17, 15) is 10.1 Å². The fraction of sp³-hybridized carbons (Fsp3) is 0.0526. The van der Waals surface area contributed by atoms with Crippen LogP contribution in [0, 0.1) is 10.1 Å². The van der Waals surface area contributed by atoms with Gasteiger partial charge in [0.25, 0.3) is 5.69 Å². The van der Waals surface area contributed by atoms with Gasteiger partial charge in [-0.1, -0.05) is 23.7 Å². The maximum atomic E-state index is 11.1. The average molecular weight is 413 g/mol. The van der Waals surface area contributed by atoms with Crippen molar-refractivity contribution in [2.24, 2.45) is 0 Å². The van der Waals surface area contributed by atoms with E-state index in [1.54, 1.807) is 31.4 Å². The topological polar surface area (TPSA) is 90.2 Å². The monoisotopic (exact) mass is 412 g/mol. The summed E-state index contributed by atoms with van der Waals surface area (Å²) in [5, 5.41) is 17.6. The zero-order chi connectivity index (χ0) is 19.7. The van der Waals surface area contributed by atoms with Gasteiger partial charge < -0.3 is 10.1 Å². The number of nitro benzene ring substituents is 1. The molecule has 140 valence electrons. The van der Waals surface area contributed by atoms with Crippen molar-refractivity contribution in [3.8, 4) is 16.9 Å². The quantitative estimate of drug-likeness (QED) is 0.335. The van der Waals surface area contributed by atoms with Crippen molar-refractivity contribution in [1.82, 2.24) is 9.97 Å². The molecule has 2 heterocycles. The summed E-state index contributed by atoms with van der Waals surface area (Å²) < 4.78 is 5.39. The van der Waals surface area contributed by atoms with Gasteiger partial charge in [-0.15, -0.1) is 11.3 Å². The van der Waals surface area contributed by atoms with Gasteiger partial charge in [0.05, 0.1) is 23.1 Å². The molecule has 2 aromatic heterocycles. The lowest BCUT2D eigenvalue weighted by atomic mass is 10.1. The first-order valence-corrected chi connectivity index (χ1v) is 9.40. The Bertz CT molecular complexity index is 1190. The van der Waals surface area contributed by atoms with Gasteiger partial charge in [0.15, 0.2) is 0 Å². The number of nitro groups is 1. The van der Waals surface area contributed by atoms with Crippen molar-refractivity contribution in [3.05, 3.63) is 69.3 Å². The van der Waals surface area contributed by atoms with Crippen LogP contribution in [0.4, 0.5) is 17.2 Å². The van der Waals surface area contributed by atoms with Crippen LogP contribution in [0.25, 0.3) is 21.3 Å². The van der Waals surface area contributed by atoms with Crippen LogP contribution < -0.4 is 10.1 Å². The second-order valence-corrected chi connectivity index (χ2v) is 7.12. The van der Waals surface area contributed by atoms with E-state index in [0.717, 1.165) is 21.3 Å². The van der Waals surface area contributed by atoms with Crippen molar-refractivity contribution in [2.45, 2.75) is 0 Å². The third-order valence-corrected chi connectivity index (χ3v) is 5.27. The molecule has 0 bridgehead atoms. The van der Waals surface area contributed by atoms with E-state index in [2.05, 4.69) is 15.3 Å². The summed E-state index contributed by atoms with van der Waals surface area (Å²) >= 11 is 7.56. The number of non-ortho nitro benzene ring substituents is 1. The lowest BCUT2D eigenvalue weighted by molar-refractivity contribution is -0.384. The highest BCUT2D eigenvalue weighted by Gasteiger charge is 2.16. The molecule has 0 aliphatic rings. The first-order chi connectivity index (χ1) is 13.6. The van der Waals surface area contributed by atoms with Crippen LogP contribution in [0.15, 0.2) is 54.2 Å². The highest BCUT2D eigenvalue weighted by atomic mass is 35.5. The number of benzene rings is 2. The van der Waals surface area contributed by atoms with Crippen LogP contribution in [0.3, 0.4) is 0 Å². The molecular weight excluding hydrogens is 400 g/mol. The minimum Gasteiger partial charge on any atom is -0.495 e. The molecule has 7 nitrogen and oxygen atoms in total. The van der Waals surface area contributed by atoms with Gasteiger partial charge >= 0.3 is 0 Å². The molecule has 0 unspecified atom stereocenters. The summed E-state index contributed by atoms with van der Waals surface area (Å²) in [6.45, 7) is 0. The van der Waals surface area contributed by atoms with Crippen LogP contribution in [-0.2, 0) is 0 Å². The zero-order valence-electron chi connectivity index (χ0n) is 14.5. The molecule has 4 rings (SSSR count). The van der Waals surface area contributed by atoms with Gasteiger partial charge in [-0.2, -0.15) is 0 Å². The number of aromatic nitrogens is 2. The summed E-state index contributed by atoms with van der Waals surface area (Å²) in [5.41, 5.74) is 2.22. The Morgan fingerprint density at radius 2 is 2.07 bits per heavy atom. The number of nitrogens with one attached hydrogen (secondary N) is 1. The summed E-state index contributed by atoms with van der Waals surface area (Å²) in [5.74, 6) is 1.18. The average Bonchev–Trinajstić information content (AvgIpc) is 3.13. The van der Waals surface area contributed by atoms with Crippen LogP contribution in [-0.4, -0.2) is 22.0 Å². The molecule has 4 aromatic rings. The molecule has 0 radical (unpaired) electrons. The van der Waals surface area contributed by atoms with Gasteiger partial charge in [0, 0.05) is 28.1 Å². The third kappa shape index (κ3) is 3.35. The molecule has 0 fully saturated rings. The van der Waals surface area contributed by atoms with E-state index in [1.165, 1.54) is 29.8 Å². The van der Waals surface area contributed by atoms with Crippen LogP contribution in [0.5, 0.6) is 5.75 Å². The number of halogens is 1. The molecule has 0 amide bonds. The number of ether oxygens (including phenoxy) is 1. The van der Waals surface area contributed by atoms with E-state index in [-0.39, 0.29) is 5.69 Å². The molecule has 0 spiro atoms. The van der Waals surface area contributed by atoms with Crippen LogP contribution >= 0.6 is 22.9 Å². The molecular formula is C19H13ClN4O3S. The van der Waals surface area contributed by atoms with Crippen molar-refractivity contribution >= 4 is 50.3 Å². The predicted octanol–water partition coefficient (Wildman–Crippen LogP) is 5.67. The number of thiophene rings is 1. The number of fused-ring (bicyclic) bond motifs is 1. The fourth-order valence-corrected chi connectivity index (χ4v) is 3.96. The second-order valence-electron chi connectivity index (χ2n) is 5.83. The Morgan fingerprint density at radius 1 is 1.21 bits per heavy atom. The van der Waals surface area contributed by atoms with Crippen LogP contribution in [0.2, 0.25) is 5.02 Å². The smallest absolute Gasteiger partial charge is 0.270 e. The number of anilines is 2. The SMILES string of the molecule is COc1ccc(Cl)cc1Nc1ncnc2scc(-c3cccc([N+](=O)[O-])c3)c12. The molecule has 9 heteroatoms. The molecule has 0 aliphatic heterocycles. The number of nitrogens with zero attached hydrogens (tertiary/aromatic N) is 3. The van der Waals surface area contributed by atoms with E-state index < -0.39 is 4.92 Å². The number of hydrogen-bond donors (Lipinski definition) is 1. The normalized spacial score (nSPS) is 10.8. The van der Waals surface area contributed by atoms with Gasteiger partial charge in [-0.25, -0.2) is 9.97 Å². The Kier molecular flexibility index (Phi) is 4.81. The van der Waals surface area contributed by atoms with E-state index in [0.29, 0.717) is 22.3 Å². The van der Waals surface area contributed by atoms with Gasteiger partial charge in [-0.05, 0) is 23.8 Å². The highest BCUT2D eigenvalue weighted by molar-refractivity contribution is 7.17. The molecule has 2 aromatic carbocycles. The lowest BCUT2D eigenvalue weighted by Crippen LogP contribution is -1.98.